The summed E-state index contributed by atoms with van der Waals surface area (Å²) in [7, 11) is 0. The Morgan fingerprint density at radius 3 is 2.12 bits per heavy atom. The van der Waals surface area contributed by atoms with E-state index in [1.165, 1.54) is 19.3 Å². The molecule has 1 saturated heterocycles. The minimum Gasteiger partial charge on any atom is -0.481 e. The highest BCUT2D eigenvalue weighted by molar-refractivity contribution is 5.82. The fourth-order valence-corrected chi connectivity index (χ4v) is 5.22. The van der Waals surface area contributed by atoms with E-state index in [0.717, 1.165) is 63.6 Å². The van der Waals surface area contributed by atoms with E-state index in [9.17, 15) is 9.59 Å². The number of piperidine rings is 1. The van der Waals surface area contributed by atoms with Crippen molar-refractivity contribution in [1.82, 2.24) is 14.9 Å². The van der Waals surface area contributed by atoms with Crippen molar-refractivity contribution >= 4 is 23.8 Å². The first-order valence-corrected chi connectivity index (χ1v) is 11.8. The van der Waals surface area contributed by atoms with Gasteiger partial charge in [0, 0.05) is 37.9 Å². The number of carboxylic acid groups (broad SMARTS) is 2. The van der Waals surface area contributed by atoms with Crippen LogP contribution in [0.2, 0.25) is 0 Å². The molecule has 190 valence electrons. The molecule has 4 rings (SSSR count). The lowest BCUT2D eigenvalue weighted by Crippen LogP contribution is -2.52. The highest BCUT2D eigenvalue weighted by atomic mass is 16.4. The van der Waals surface area contributed by atoms with Crippen LogP contribution in [0.15, 0.2) is 4.79 Å². The highest BCUT2D eigenvalue weighted by Gasteiger charge is 2.45. The fraction of sp³-hybridized carbons (Fsp3) is 0.696. The Morgan fingerprint density at radius 1 is 1.06 bits per heavy atom. The standard InChI is InChI=1S/C19H29N5O2.2C2H4O2/c20-14(12-4-2-1-3-5-12)17(26)24-10-8-19(9-11-24)7-6-13-15(19)22-18(21)23-16(13)25;2*1-2(3)4/h12,14H,1-11,20H2,(H3,21,22,23,25);2*1H3,(H,3,4)/t14-;;/m0../s1. The molecular weight excluding hydrogens is 442 g/mol. The van der Waals surface area contributed by atoms with Gasteiger partial charge >= 0.3 is 0 Å². The minimum atomic E-state index is -0.833. The van der Waals surface area contributed by atoms with E-state index in [1.54, 1.807) is 0 Å². The summed E-state index contributed by atoms with van der Waals surface area (Å²) >= 11 is 0. The molecule has 1 aromatic rings. The third-order valence-electron chi connectivity index (χ3n) is 6.86. The number of fused-ring (bicyclic) bond motifs is 2. The molecule has 34 heavy (non-hydrogen) atoms. The first-order valence-electron chi connectivity index (χ1n) is 11.8. The predicted octanol–water partition coefficient (Wildman–Crippen LogP) is 1.25. The van der Waals surface area contributed by atoms with Crippen LogP contribution in [0.5, 0.6) is 0 Å². The van der Waals surface area contributed by atoms with Gasteiger partial charge in [0.25, 0.3) is 17.5 Å². The van der Waals surface area contributed by atoms with E-state index >= 15 is 0 Å². The number of rotatable bonds is 2. The van der Waals surface area contributed by atoms with E-state index in [2.05, 4.69) is 9.97 Å². The Hall–Kier alpha value is -2.95. The average Bonchev–Trinajstić information content (AvgIpc) is 3.11. The molecule has 0 radical (unpaired) electrons. The Kier molecular flexibility index (Phi) is 9.60. The van der Waals surface area contributed by atoms with E-state index < -0.39 is 11.9 Å². The molecule has 1 spiro atoms. The van der Waals surface area contributed by atoms with Crippen LogP contribution in [0.25, 0.3) is 0 Å². The van der Waals surface area contributed by atoms with Crippen LogP contribution >= 0.6 is 0 Å². The van der Waals surface area contributed by atoms with Crippen molar-refractivity contribution in [2.75, 3.05) is 18.8 Å². The SMILES string of the molecule is CC(=O)O.CC(=O)O.Nc1nc2c(c(=O)[nH]1)CCC21CCN(C(=O)[C@@H](N)C2CCCCC2)CC1. The molecular formula is C23H37N5O6. The number of aromatic nitrogens is 2. The first-order chi connectivity index (χ1) is 16.0. The van der Waals surface area contributed by atoms with Crippen molar-refractivity contribution < 1.29 is 24.6 Å². The van der Waals surface area contributed by atoms with Crippen molar-refractivity contribution in [1.29, 1.82) is 0 Å². The monoisotopic (exact) mass is 479 g/mol. The maximum atomic E-state index is 12.9. The number of carbonyl (C=O) groups is 3. The number of anilines is 1. The lowest BCUT2D eigenvalue weighted by atomic mass is 9.75. The second-order valence-electron chi connectivity index (χ2n) is 9.35. The highest BCUT2D eigenvalue weighted by Crippen LogP contribution is 2.44. The van der Waals surface area contributed by atoms with E-state index in [1.807, 2.05) is 4.90 Å². The van der Waals surface area contributed by atoms with Gasteiger partial charge in [0.05, 0.1) is 11.7 Å². The van der Waals surface area contributed by atoms with Gasteiger partial charge in [-0.1, -0.05) is 19.3 Å². The molecule has 1 aromatic heterocycles. The van der Waals surface area contributed by atoms with Crippen LogP contribution in [-0.4, -0.2) is 62.1 Å². The van der Waals surface area contributed by atoms with Crippen LogP contribution in [0.1, 0.15) is 76.5 Å². The first kappa shape index (κ1) is 27.3. The number of hydrogen-bond donors (Lipinski definition) is 5. The van der Waals surface area contributed by atoms with Crippen LogP contribution in [-0.2, 0) is 26.2 Å². The quantitative estimate of drug-likeness (QED) is 0.415. The van der Waals surface area contributed by atoms with E-state index in [4.69, 9.17) is 31.3 Å². The molecule has 0 aromatic carbocycles. The Bertz CT molecular complexity index is 912. The summed E-state index contributed by atoms with van der Waals surface area (Å²) in [5.41, 5.74) is 13.5. The number of amides is 1. The van der Waals surface area contributed by atoms with Gasteiger partial charge in [-0.25, -0.2) is 4.98 Å². The lowest BCUT2D eigenvalue weighted by molar-refractivity contribution is -0.136. The summed E-state index contributed by atoms with van der Waals surface area (Å²) in [5.74, 6) is -1.05. The number of carbonyl (C=O) groups excluding carboxylic acids is 1. The number of nitrogens with two attached hydrogens (primary N) is 2. The van der Waals surface area contributed by atoms with Gasteiger partial charge in [0.2, 0.25) is 11.9 Å². The maximum absolute atomic E-state index is 12.9. The topological polar surface area (TPSA) is 193 Å². The molecule has 1 aliphatic heterocycles. The van der Waals surface area contributed by atoms with Crippen LogP contribution in [0.3, 0.4) is 0 Å². The molecule has 0 unspecified atom stereocenters. The fourth-order valence-electron chi connectivity index (χ4n) is 5.22. The van der Waals surface area contributed by atoms with Gasteiger partial charge in [-0.15, -0.1) is 0 Å². The Morgan fingerprint density at radius 2 is 1.59 bits per heavy atom. The Balaban J connectivity index is 0.000000446. The van der Waals surface area contributed by atoms with Gasteiger partial charge in [0.15, 0.2) is 0 Å². The number of nitrogens with one attached hydrogen (secondary N) is 1. The number of nitrogens with zero attached hydrogens (tertiary/aromatic N) is 2. The van der Waals surface area contributed by atoms with E-state index in [0.29, 0.717) is 19.0 Å². The zero-order chi connectivity index (χ0) is 25.5. The van der Waals surface area contributed by atoms with Crippen LogP contribution in [0.4, 0.5) is 5.95 Å². The minimum absolute atomic E-state index is 0.100. The molecule has 7 N–H and O–H groups in total. The summed E-state index contributed by atoms with van der Waals surface area (Å²) in [6.45, 7) is 3.54. The number of likely N-dealkylation sites (tertiary alicyclic amines) is 1. The third kappa shape index (κ3) is 7.02. The summed E-state index contributed by atoms with van der Waals surface area (Å²) in [4.78, 5) is 52.0. The second kappa shape index (κ2) is 12.0. The Labute approximate surface area is 198 Å². The van der Waals surface area contributed by atoms with Crippen LogP contribution < -0.4 is 17.0 Å². The molecule has 1 atom stereocenters. The number of H-pyrrole nitrogens is 1. The molecule has 2 fully saturated rings. The lowest BCUT2D eigenvalue weighted by Gasteiger charge is -2.41. The summed E-state index contributed by atoms with van der Waals surface area (Å²) < 4.78 is 0. The summed E-state index contributed by atoms with van der Waals surface area (Å²) in [5, 5.41) is 14.8. The van der Waals surface area contributed by atoms with Crippen molar-refractivity contribution in [3.8, 4) is 0 Å². The summed E-state index contributed by atoms with van der Waals surface area (Å²) in [6, 6.07) is -0.364. The van der Waals surface area contributed by atoms with Gasteiger partial charge in [-0.05, 0) is 44.4 Å². The summed E-state index contributed by atoms with van der Waals surface area (Å²) in [6.07, 6.45) is 9.11. The smallest absolute Gasteiger partial charge is 0.300 e. The molecule has 3 aliphatic rings. The maximum Gasteiger partial charge on any atom is 0.300 e. The van der Waals surface area contributed by atoms with E-state index in [-0.39, 0.29) is 28.9 Å². The number of aliphatic carboxylic acids is 2. The molecule has 11 heteroatoms. The third-order valence-corrected chi connectivity index (χ3v) is 6.86. The molecule has 11 nitrogen and oxygen atoms in total. The largest absolute Gasteiger partial charge is 0.481 e. The molecule has 2 aliphatic carbocycles. The molecule has 1 saturated carbocycles. The van der Waals surface area contributed by atoms with Crippen molar-refractivity contribution in [3.05, 3.63) is 21.6 Å². The molecule has 0 bridgehead atoms. The normalized spacial score (nSPS) is 19.7. The zero-order valence-electron chi connectivity index (χ0n) is 20.0. The second-order valence-corrected chi connectivity index (χ2v) is 9.35. The molecule has 1 amide bonds. The van der Waals surface area contributed by atoms with Crippen LogP contribution in [0, 0.1) is 5.92 Å². The van der Waals surface area contributed by atoms with Gasteiger partial charge < -0.3 is 26.6 Å². The predicted molar refractivity (Wildman–Crippen MR) is 126 cm³/mol. The van der Waals surface area contributed by atoms with Gasteiger partial charge in [-0.3, -0.25) is 24.2 Å². The number of nitrogen functional groups attached to an aromatic ring is 1. The van der Waals surface area contributed by atoms with Crippen molar-refractivity contribution in [2.24, 2.45) is 11.7 Å². The van der Waals surface area contributed by atoms with Gasteiger partial charge in [0.1, 0.15) is 0 Å². The number of aromatic amines is 1. The van der Waals surface area contributed by atoms with Gasteiger partial charge in [-0.2, -0.15) is 0 Å². The molecule has 2 heterocycles. The average molecular weight is 480 g/mol. The van der Waals surface area contributed by atoms with Crippen molar-refractivity contribution in [3.63, 3.8) is 0 Å². The number of carboxylic acids is 2. The van der Waals surface area contributed by atoms with Crippen molar-refractivity contribution in [2.45, 2.75) is 83.1 Å². The number of hydrogen-bond acceptors (Lipinski definition) is 7. The zero-order valence-corrected chi connectivity index (χ0v) is 20.0.